The van der Waals surface area contributed by atoms with E-state index in [2.05, 4.69) is 14.9 Å². The number of anilines is 1. The van der Waals surface area contributed by atoms with E-state index in [0.29, 0.717) is 11.7 Å². The molecule has 0 unspecified atom stereocenters. The van der Waals surface area contributed by atoms with Crippen molar-refractivity contribution < 1.29 is 9.18 Å². The van der Waals surface area contributed by atoms with Gasteiger partial charge in [-0.2, -0.15) is 0 Å². The zero-order valence-corrected chi connectivity index (χ0v) is 12.4. The molecule has 1 aliphatic carbocycles. The third kappa shape index (κ3) is 3.44. The molecule has 0 saturated heterocycles. The minimum Gasteiger partial charge on any atom is -0.325 e. The Morgan fingerprint density at radius 1 is 1.43 bits per heavy atom. The van der Waals surface area contributed by atoms with E-state index in [4.69, 9.17) is 0 Å². The second-order valence-corrected chi connectivity index (χ2v) is 6.41. The molecular weight excluding hydrogens is 289 g/mol. The number of carbonyl (C=O) groups is 1. The lowest BCUT2D eigenvalue weighted by molar-refractivity contribution is -0.115. The molecule has 1 N–H and O–H groups in total. The number of aromatic nitrogens is 2. The standard InChI is InChI=1S/C15H16FN3OS/c1-10(14(20)18-12-4-2-11(16)3-5-12)21-15-17-8-9-19(15)13-6-7-13/h2-5,8-10,13H,6-7H2,1H3,(H,18,20)/t10-/m0/s1. The molecule has 110 valence electrons. The molecule has 4 nitrogen and oxygen atoms in total. The Hall–Kier alpha value is -1.82. The van der Waals surface area contributed by atoms with E-state index in [1.54, 1.807) is 18.3 Å². The van der Waals surface area contributed by atoms with E-state index in [1.807, 2.05) is 13.1 Å². The average molecular weight is 305 g/mol. The van der Waals surface area contributed by atoms with Crippen molar-refractivity contribution in [2.24, 2.45) is 0 Å². The predicted octanol–water partition coefficient (Wildman–Crippen LogP) is 3.48. The number of thioether (sulfide) groups is 1. The van der Waals surface area contributed by atoms with Gasteiger partial charge in [0.05, 0.1) is 5.25 Å². The SMILES string of the molecule is C[C@H](Sc1nccn1C1CC1)C(=O)Nc1ccc(F)cc1. The molecule has 6 heteroatoms. The van der Waals surface area contributed by atoms with E-state index in [9.17, 15) is 9.18 Å². The maximum absolute atomic E-state index is 12.8. The van der Waals surface area contributed by atoms with Gasteiger partial charge in [-0.25, -0.2) is 9.37 Å². The fourth-order valence-corrected chi connectivity index (χ4v) is 2.95. The molecule has 1 atom stereocenters. The van der Waals surface area contributed by atoms with Crippen LogP contribution >= 0.6 is 11.8 Å². The lowest BCUT2D eigenvalue weighted by Crippen LogP contribution is -2.22. The summed E-state index contributed by atoms with van der Waals surface area (Å²) in [6.07, 6.45) is 6.09. The van der Waals surface area contributed by atoms with Gasteiger partial charge in [-0.1, -0.05) is 11.8 Å². The predicted molar refractivity (Wildman–Crippen MR) is 80.8 cm³/mol. The van der Waals surface area contributed by atoms with Gasteiger partial charge in [0.15, 0.2) is 5.16 Å². The lowest BCUT2D eigenvalue weighted by Gasteiger charge is -2.12. The molecule has 0 radical (unpaired) electrons. The van der Waals surface area contributed by atoms with Crippen molar-refractivity contribution in [2.45, 2.75) is 36.2 Å². The Morgan fingerprint density at radius 2 is 2.14 bits per heavy atom. The van der Waals surface area contributed by atoms with Crippen molar-refractivity contribution in [3.63, 3.8) is 0 Å². The zero-order chi connectivity index (χ0) is 14.8. The number of imidazole rings is 1. The molecule has 2 aromatic rings. The molecule has 1 saturated carbocycles. The normalized spacial score (nSPS) is 15.7. The summed E-state index contributed by atoms with van der Waals surface area (Å²) in [6, 6.07) is 6.30. The molecule has 0 bridgehead atoms. The summed E-state index contributed by atoms with van der Waals surface area (Å²) >= 11 is 1.44. The monoisotopic (exact) mass is 305 g/mol. The number of carbonyl (C=O) groups excluding carboxylic acids is 1. The molecule has 1 fully saturated rings. The van der Waals surface area contributed by atoms with Crippen LogP contribution in [0.3, 0.4) is 0 Å². The van der Waals surface area contributed by atoms with Gasteiger partial charge in [0.25, 0.3) is 0 Å². The number of rotatable bonds is 5. The topological polar surface area (TPSA) is 46.9 Å². The van der Waals surface area contributed by atoms with Crippen LogP contribution in [0.2, 0.25) is 0 Å². The van der Waals surface area contributed by atoms with Crippen LogP contribution in [0.15, 0.2) is 41.8 Å². The van der Waals surface area contributed by atoms with Crippen LogP contribution in [0.4, 0.5) is 10.1 Å². The Morgan fingerprint density at radius 3 is 2.81 bits per heavy atom. The molecule has 0 aliphatic heterocycles. The Bertz CT molecular complexity index is 637. The summed E-state index contributed by atoms with van der Waals surface area (Å²) in [6.45, 7) is 1.84. The molecule has 1 amide bonds. The van der Waals surface area contributed by atoms with Gasteiger partial charge in [-0.3, -0.25) is 4.79 Å². The first kappa shape index (κ1) is 14.1. The van der Waals surface area contributed by atoms with E-state index in [1.165, 1.54) is 36.7 Å². The summed E-state index contributed by atoms with van der Waals surface area (Å²) in [4.78, 5) is 16.5. The highest BCUT2D eigenvalue weighted by Gasteiger charge is 2.27. The quantitative estimate of drug-likeness (QED) is 0.860. The summed E-state index contributed by atoms with van der Waals surface area (Å²) in [5, 5.41) is 3.39. The van der Waals surface area contributed by atoms with Gasteiger partial charge in [0.1, 0.15) is 5.82 Å². The minimum atomic E-state index is -0.318. The van der Waals surface area contributed by atoms with Crippen LogP contribution in [-0.4, -0.2) is 20.7 Å². The number of hydrogen-bond donors (Lipinski definition) is 1. The third-order valence-corrected chi connectivity index (χ3v) is 4.43. The third-order valence-electron chi connectivity index (χ3n) is 3.34. The van der Waals surface area contributed by atoms with Crippen LogP contribution in [0.5, 0.6) is 0 Å². The highest BCUT2D eigenvalue weighted by molar-refractivity contribution is 8.00. The Balaban J connectivity index is 1.61. The highest BCUT2D eigenvalue weighted by atomic mass is 32.2. The van der Waals surface area contributed by atoms with Crippen molar-refractivity contribution in [2.75, 3.05) is 5.32 Å². The Labute approximate surface area is 126 Å². The van der Waals surface area contributed by atoms with E-state index in [0.717, 1.165) is 5.16 Å². The fraction of sp³-hybridized carbons (Fsp3) is 0.333. The molecular formula is C15H16FN3OS. The van der Waals surface area contributed by atoms with E-state index < -0.39 is 0 Å². The highest BCUT2D eigenvalue weighted by Crippen LogP contribution is 2.38. The van der Waals surface area contributed by atoms with E-state index >= 15 is 0 Å². The maximum Gasteiger partial charge on any atom is 0.237 e. The molecule has 3 rings (SSSR count). The van der Waals surface area contributed by atoms with Crippen molar-refractivity contribution in [3.05, 3.63) is 42.5 Å². The van der Waals surface area contributed by atoms with Gasteiger partial charge < -0.3 is 9.88 Å². The second kappa shape index (κ2) is 5.89. The zero-order valence-electron chi connectivity index (χ0n) is 11.6. The number of halogens is 1. The molecule has 21 heavy (non-hydrogen) atoms. The van der Waals surface area contributed by atoms with Gasteiger partial charge in [-0.15, -0.1) is 0 Å². The number of amides is 1. The van der Waals surface area contributed by atoms with Gasteiger partial charge in [0.2, 0.25) is 5.91 Å². The van der Waals surface area contributed by atoms with Gasteiger partial charge in [-0.05, 0) is 44.0 Å². The first-order valence-electron chi connectivity index (χ1n) is 6.89. The van der Waals surface area contributed by atoms with Gasteiger partial charge in [0, 0.05) is 24.1 Å². The molecule has 1 aromatic heterocycles. The lowest BCUT2D eigenvalue weighted by atomic mass is 10.3. The van der Waals surface area contributed by atoms with Crippen LogP contribution < -0.4 is 5.32 Å². The van der Waals surface area contributed by atoms with Crippen molar-refractivity contribution in [3.8, 4) is 0 Å². The smallest absolute Gasteiger partial charge is 0.237 e. The van der Waals surface area contributed by atoms with Gasteiger partial charge >= 0.3 is 0 Å². The summed E-state index contributed by atoms with van der Waals surface area (Å²) in [5.74, 6) is -0.432. The number of nitrogens with zero attached hydrogens (tertiary/aromatic N) is 2. The summed E-state index contributed by atoms with van der Waals surface area (Å²) in [7, 11) is 0. The first-order valence-corrected chi connectivity index (χ1v) is 7.77. The summed E-state index contributed by atoms with van der Waals surface area (Å²) in [5.41, 5.74) is 0.597. The van der Waals surface area contributed by atoms with Crippen molar-refractivity contribution >= 4 is 23.4 Å². The fourth-order valence-electron chi connectivity index (χ4n) is 2.01. The number of hydrogen-bond acceptors (Lipinski definition) is 3. The Kier molecular flexibility index (Phi) is 3.96. The first-order chi connectivity index (χ1) is 10.1. The van der Waals surface area contributed by atoms with Crippen LogP contribution in [-0.2, 0) is 4.79 Å². The minimum absolute atomic E-state index is 0.114. The second-order valence-electron chi connectivity index (χ2n) is 5.10. The molecule has 1 aromatic carbocycles. The van der Waals surface area contributed by atoms with Crippen LogP contribution in [0.1, 0.15) is 25.8 Å². The molecule has 0 spiro atoms. The summed E-state index contributed by atoms with van der Waals surface area (Å²) < 4.78 is 15.0. The number of benzene rings is 1. The van der Waals surface area contributed by atoms with Crippen LogP contribution in [0, 0.1) is 5.82 Å². The van der Waals surface area contributed by atoms with Crippen LogP contribution in [0.25, 0.3) is 0 Å². The molecule has 1 aliphatic rings. The van der Waals surface area contributed by atoms with Crippen molar-refractivity contribution in [1.82, 2.24) is 9.55 Å². The van der Waals surface area contributed by atoms with E-state index in [-0.39, 0.29) is 17.0 Å². The average Bonchev–Trinajstić information content (AvgIpc) is 3.21. The van der Waals surface area contributed by atoms with Crippen molar-refractivity contribution in [1.29, 1.82) is 0 Å². The largest absolute Gasteiger partial charge is 0.325 e. The maximum atomic E-state index is 12.8. The number of nitrogens with one attached hydrogen (secondary N) is 1. The molecule has 1 heterocycles.